The Labute approximate surface area is 172 Å². The first kappa shape index (κ1) is 20.4. The molecule has 1 amide bonds. The number of rotatable bonds is 7. The molecule has 3 aromatic rings. The topological polar surface area (TPSA) is 97.0 Å². The number of esters is 1. The van der Waals surface area contributed by atoms with Crippen LogP contribution >= 0.6 is 11.8 Å². The number of hydrogen-bond donors (Lipinski definition) is 1. The van der Waals surface area contributed by atoms with Crippen LogP contribution in [0.25, 0.3) is 11.0 Å². The number of hydrogen-bond acceptors (Lipinski definition) is 6. The van der Waals surface area contributed by atoms with Crippen molar-refractivity contribution in [2.24, 2.45) is 0 Å². The highest BCUT2D eigenvalue weighted by Crippen LogP contribution is 2.19. The lowest BCUT2D eigenvalue weighted by atomic mass is 10.2. The number of fused-ring (bicyclic) bond motifs is 1. The van der Waals surface area contributed by atoms with E-state index in [4.69, 9.17) is 10.00 Å². The third-order valence-corrected chi connectivity index (χ3v) is 4.78. The van der Waals surface area contributed by atoms with Gasteiger partial charge in [-0.1, -0.05) is 18.2 Å². The van der Waals surface area contributed by atoms with Gasteiger partial charge in [0, 0.05) is 5.69 Å². The molecule has 1 aromatic heterocycles. The van der Waals surface area contributed by atoms with Gasteiger partial charge in [-0.25, -0.2) is 4.98 Å². The van der Waals surface area contributed by atoms with E-state index >= 15 is 0 Å². The van der Waals surface area contributed by atoms with Crippen LogP contribution < -0.4 is 5.32 Å². The van der Waals surface area contributed by atoms with Gasteiger partial charge in [-0.05, 0) is 43.5 Å². The van der Waals surface area contributed by atoms with Gasteiger partial charge in [-0.15, -0.1) is 0 Å². The Hall–Kier alpha value is -3.31. The Morgan fingerprint density at radius 1 is 1.28 bits per heavy atom. The quantitative estimate of drug-likeness (QED) is 0.602. The predicted octanol–water partition coefficient (Wildman–Crippen LogP) is 3.34. The summed E-state index contributed by atoms with van der Waals surface area (Å²) in [4.78, 5) is 29.4. The summed E-state index contributed by atoms with van der Waals surface area (Å²) in [7, 11) is 0. The fraction of sp³-hybridized carbons (Fsp3) is 0.238. The minimum absolute atomic E-state index is 0.0298. The molecule has 0 radical (unpaired) electrons. The summed E-state index contributed by atoms with van der Waals surface area (Å²) >= 11 is 1.61. The second-order valence-electron chi connectivity index (χ2n) is 6.35. The minimum atomic E-state index is -0.980. The Bertz CT molecular complexity index is 1090. The van der Waals surface area contributed by atoms with Gasteiger partial charge in [0.05, 0.1) is 28.4 Å². The summed E-state index contributed by atoms with van der Waals surface area (Å²) in [6, 6.07) is 16.1. The number of nitrogens with one attached hydrogen (secondary N) is 1. The monoisotopic (exact) mass is 408 g/mol. The number of carbonyl (C=O) groups excluding carboxylic acids is 2. The van der Waals surface area contributed by atoms with Crippen molar-refractivity contribution in [3.63, 3.8) is 0 Å². The molecule has 0 aliphatic rings. The highest BCUT2D eigenvalue weighted by molar-refractivity contribution is 7.97. The van der Waals surface area contributed by atoms with Crippen LogP contribution in [0.1, 0.15) is 18.3 Å². The minimum Gasteiger partial charge on any atom is -0.451 e. The van der Waals surface area contributed by atoms with E-state index < -0.39 is 18.0 Å². The third-order valence-electron chi connectivity index (χ3n) is 4.23. The van der Waals surface area contributed by atoms with Crippen LogP contribution in [0.2, 0.25) is 0 Å². The number of nitriles is 1. The molecule has 0 spiro atoms. The van der Waals surface area contributed by atoms with Crippen LogP contribution in [0.15, 0.2) is 48.5 Å². The number of carbonyl (C=O) groups is 2. The van der Waals surface area contributed by atoms with E-state index in [9.17, 15) is 9.59 Å². The van der Waals surface area contributed by atoms with Gasteiger partial charge >= 0.3 is 5.97 Å². The molecule has 0 fully saturated rings. The number of para-hydroxylation sites is 2. The van der Waals surface area contributed by atoms with E-state index in [1.54, 1.807) is 36.0 Å². The predicted molar refractivity (Wildman–Crippen MR) is 112 cm³/mol. The Morgan fingerprint density at radius 2 is 2.07 bits per heavy atom. The van der Waals surface area contributed by atoms with E-state index in [0.29, 0.717) is 17.0 Å². The first-order chi connectivity index (χ1) is 14.0. The SMILES string of the molecule is CSCc1nc2ccccc2n1CC(=O)O[C@H](C)C(=O)Nc1cccc(C#N)c1. The second-order valence-corrected chi connectivity index (χ2v) is 7.22. The maximum atomic E-state index is 12.5. The molecule has 0 bridgehead atoms. The zero-order valence-electron chi connectivity index (χ0n) is 16.1. The fourth-order valence-corrected chi connectivity index (χ4v) is 3.35. The number of thioether (sulfide) groups is 1. The normalized spacial score (nSPS) is 11.6. The van der Waals surface area contributed by atoms with Crippen molar-refractivity contribution in [1.82, 2.24) is 9.55 Å². The van der Waals surface area contributed by atoms with Crippen molar-refractivity contribution in [3.8, 4) is 6.07 Å². The maximum Gasteiger partial charge on any atom is 0.326 e. The summed E-state index contributed by atoms with van der Waals surface area (Å²) in [6.45, 7) is 1.48. The van der Waals surface area contributed by atoms with Crippen LogP contribution in [0, 0.1) is 11.3 Å². The van der Waals surface area contributed by atoms with Gasteiger partial charge in [0.2, 0.25) is 0 Å². The molecule has 148 valence electrons. The average molecular weight is 408 g/mol. The van der Waals surface area contributed by atoms with Crippen molar-refractivity contribution in [1.29, 1.82) is 5.26 Å². The van der Waals surface area contributed by atoms with E-state index in [2.05, 4.69) is 10.3 Å². The lowest BCUT2D eigenvalue weighted by Crippen LogP contribution is -2.31. The molecule has 1 heterocycles. The molecule has 3 rings (SSSR count). The lowest BCUT2D eigenvalue weighted by Gasteiger charge is -2.15. The van der Waals surface area contributed by atoms with Gasteiger partial charge in [0.1, 0.15) is 12.4 Å². The fourth-order valence-electron chi connectivity index (χ4n) is 2.87. The van der Waals surface area contributed by atoms with Gasteiger partial charge in [-0.3, -0.25) is 9.59 Å². The summed E-state index contributed by atoms with van der Waals surface area (Å²) in [5, 5.41) is 11.6. The summed E-state index contributed by atoms with van der Waals surface area (Å²) < 4.78 is 7.14. The number of benzene rings is 2. The molecule has 0 aliphatic carbocycles. The van der Waals surface area contributed by atoms with Crippen LogP contribution in [0.3, 0.4) is 0 Å². The van der Waals surface area contributed by atoms with Crippen molar-refractivity contribution in [2.45, 2.75) is 25.3 Å². The van der Waals surface area contributed by atoms with Crippen molar-refractivity contribution >= 4 is 40.4 Å². The zero-order valence-corrected chi connectivity index (χ0v) is 16.9. The molecule has 1 N–H and O–H groups in total. The Morgan fingerprint density at radius 3 is 2.83 bits per heavy atom. The first-order valence-electron chi connectivity index (χ1n) is 8.95. The van der Waals surface area contributed by atoms with Crippen LogP contribution in [-0.2, 0) is 26.6 Å². The molecule has 0 saturated carbocycles. The molecule has 29 heavy (non-hydrogen) atoms. The smallest absolute Gasteiger partial charge is 0.326 e. The standard InChI is InChI=1S/C21H20N4O3S/c1-14(21(27)23-16-7-5-6-15(10-16)11-22)28-20(26)12-25-18-9-4-3-8-17(18)24-19(25)13-29-2/h3-10,14H,12-13H2,1-2H3,(H,23,27)/t14-/m1/s1. The van der Waals surface area contributed by atoms with Crippen LogP contribution in [0.5, 0.6) is 0 Å². The zero-order chi connectivity index (χ0) is 20.8. The van der Waals surface area contributed by atoms with E-state index in [1.165, 1.54) is 6.92 Å². The molecule has 0 unspecified atom stereocenters. The number of nitrogens with zero attached hydrogens (tertiary/aromatic N) is 3. The summed E-state index contributed by atoms with van der Waals surface area (Å²) in [5.74, 6) is 0.450. The molecule has 7 nitrogen and oxygen atoms in total. The highest BCUT2D eigenvalue weighted by atomic mass is 32.2. The number of ether oxygens (including phenoxy) is 1. The highest BCUT2D eigenvalue weighted by Gasteiger charge is 2.20. The molecule has 0 saturated heterocycles. The van der Waals surface area contributed by atoms with E-state index in [1.807, 2.05) is 41.2 Å². The van der Waals surface area contributed by atoms with Crippen molar-refractivity contribution < 1.29 is 14.3 Å². The first-order valence-corrected chi connectivity index (χ1v) is 10.3. The van der Waals surface area contributed by atoms with E-state index in [0.717, 1.165) is 16.9 Å². The van der Waals surface area contributed by atoms with Gasteiger partial charge in [0.15, 0.2) is 6.10 Å². The maximum absolute atomic E-state index is 12.5. The third kappa shape index (κ3) is 4.95. The molecule has 8 heteroatoms. The Kier molecular flexibility index (Phi) is 6.52. The van der Waals surface area contributed by atoms with E-state index in [-0.39, 0.29) is 6.54 Å². The van der Waals surface area contributed by atoms with Crippen LogP contribution in [-0.4, -0.2) is 33.8 Å². The number of aromatic nitrogens is 2. The summed E-state index contributed by atoms with van der Waals surface area (Å²) in [6.07, 6.45) is 0.988. The molecule has 0 aliphatic heterocycles. The summed E-state index contributed by atoms with van der Waals surface area (Å²) in [5.41, 5.74) is 2.56. The van der Waals surface area contributed by atoms with Crippen LogP contribution in [0.4, 0.5) is 5.69 Å². The van der Waals surface area contributed by atoms with Gasteiger partial charge in [-0.2, -0.15) is 17.0 Å². The molecular formula is C21H20N4O3S. The number of imidazole rings is 1. The molecular weight excluding hydrogens is 388 g/mol. The lowest BCUT2D eigenvalue weighted by molar-refractivity contribution is -0.153. The van der Waals surface area contributed by atoms with Gasteiger partial charge in [0.25, 0.3) is 5.91 Å². The van der Waals surface area contributed by atoms with Crippen molar-refractivity contribution in [2.75, 3.05) is 11.6 Å². The Balaban J connectivity index is 1.67. The van der Waals surface area contributed by atoms with Gasteiger partial charge < -0.3 is 14.6 Å². The molecule has 1 atom stereocenters. The number of amides is 1. The second kappa shape index (κ2) is 9.26. The average Bonchev–Trinajstić information content (AvgIpc) is 3.05. The van der Waals surface area contributed by atoms with Crippen molar-refractivity contribution in [3.05, 3.63) is 59.9 Å². The molecule has 2 aromatic carbocycles. The largest absolute Gasteiger partial charge is 0.451 e. The number of anilines is 1.